The monoisotopic (exact) mass is 442 g/mol. The van der Waals surface area contributed by atoms with Crippen LogP contribution in [0.5, 0.6) is 11.5 Å². The fourth-order valence-corrected chi connectivity index (χ4v) is 7.32. The van der Waals surface area contributed by atoms with Gasteiger partial charge in [-0.05, 0) is 97.9 Å². The normalized spacial score (nSPS) is 18.9. The molecule has 168 valence electrons. The minimum absolute atomic E-state index is 0.202. The highest BCUT2D eigenvalue weighted by Crippen LogP contribution is 2.43. The second-order valence-electron chi connectivity index (χ2n) is 9.53. The van der Waals surface area contributed by atoms with E-state index in [1.807, 2.05) is 0 Å². The Morgan fingerprint density at radius 3 is 1.35 bits per heavy atom. The highest BCUT2D eigenvalue weighted by Gasteiger charge is 2.29. The summed E-state index contributed by atoms with van der Waals surface area (Å²) in [4.78, 5) is 0.545. The second kappa shape index (κ2) is 8.85. The quantitative estimate of drug-likeness (QED) is 0.556. The van der Waals surface area contributed by atoms with Crippen molar-refractivity contribution in [2.45, 2.75) is 99.7 Å². The third-order valence-corrected chi connectivity index (χ3v) is 9.36. The number of phenolic OH excluding ortho intramolecular Hbond substituents is 2. The molecule has 0 spiro atoms. The molecular weight excluding hydrogens is 408 g/mol. The predicted molar refractivity (Wildman–Crippen MR) is 123 cm³/mol. The third kappa shape index (κ3) is 4.34. The summed E-state index contributed by atoms with van der Waals surface area (Å²) in [5, 5.41) is 21.2. The van der Waals surface area contributed by atoms with Crippen LogP contribution in [0.1, 0.15) is 98.3 Å². The molecule has 2 fully saturated rings. The molecule has 5 heteroatoms. The van der Waals surface area contributed by atoms with Gasteiger partial charge in [-0.15, -0.1) is 0 Å². The van der Waals surface area contributed by atoms with Gasteiger partial charge >= 0.3 is 0 Å². The molecule has 2 aromatic rings. The first-order chi connectivity index (χ1) is 14.8. The Labute approximate surface area is 186 Å². The molecule has 31 heavy (non-hydrogen) atoms. The van der Waals surface area contributed by atoms with E-state index in [9.17, 15) is 18.6 Å². The molecule has 0 bridgehead atoms. The number of aromatic hydroxyl groups is 2. The Kier molecular flexibility index (Phi) is 6.34. The number of sulfone groups is 1. The molecule has 4 rings (SSSR count). The zero-order chi connectivity index (χ0) is 22.2. The van der Waals surface area contributed by atoms with Crippen molar-refractivity contribution in [1.29, 1.82) is 0 Å². The van der Waals surface area contributed by atoms with E-state index >= 15 is 0 Å². The summed E-state index contributed by atoms with van der Waals surface area (Å²) < 4.78 is 27.6. The fourth-order valence-electron chi connectivity index (χ4n) is 5.56. The lowest BCUT2D eigenvalue weighted by atomic mass is 9.83. The molecule has 0 unspecified atom stereocenters. The van der Waals surface area contributed by atoms with Gasteiger partial charge in [0.15, 0.2) is 0 Å². The molecular formula is C26H34O4S. The number of hydrogen-bond acceptors (Lipinski definition) is 4. The van der Waals surface area contributed by atoms with E-state index in [4.69, 9.17) is 0 Å². The van der Waals surface area contributed by atoms with Crippen molar-refractivity contribution in [2.24, 2.45) is 0 Å². The molecule has 4 nitrogen and oxygen atoms in total. The van der Waals surface area contributed by atoms with Crippen LogP contribution >= 0.6 is 0 Å². The highest BCUT2D eigenvalue weighted by molar-refractivity contribution is 7.91. The summed E-state index contributed by atoms with van der Waals surface area (Å²) >= 11 is 0. The van der Waals surface area contributed by atoms with Crippen molar-refractivity contribution >= 4 is 9.84 Å². The topological polar surface area (TPSA) is 74.6 Å². The summed E-state index contributed by atoms with van der Waals surface area (Å²) in [7, 11) is -3.78. The van der Waals surface area contributed by atoms with Crippen molar-refractivity contribution in [3.05, 3.63) is 46.5 Å². The molecule has 0 radical (unpaired) electrons. The van der Waals surface area contributed by atoms with Crippen molar-refractivity contribution in [3.63, 3.8) is 0 Å². The van der Waals surface area contributed by atoms with Crippen molar-refractivity contribution in [1.82, 2.24) is 0 Å². The van der Waals surface area contributed by atoms with Crippen LogP contribution in [0, 0.1) is 13.8 Å². The van der Waals surface area contributed by atoms with Crippen molar-refractivity contribution < 1.29 is 18.6 Å². The van der Waals surface area contributed by atoms with E-state index in [2.05, 4.69) is 0 Å². The van der Waals surface area contributed by atoms with Gasteiger partial charge in [0, 0.05) is 0 Å². The smallest absolute Gasteiger partial charge is 0.207 e. The standard InChI is InChI=1S/C26H34O4S/c1-17-13-23(27)21(19-9-5-3-6-10-19)15-25(17)31(29,30)26-16-22(24(28)14-18(26)2)20-11-7-4-8-12-20/h13-16,19-20,27-28H,3-12H2,1-2H3. The Bertz CT molecular complexity index is 980. The van der Waals surface area contributed by atoms with E-state index in [0.717, 1.165) is 62.5 Å². The number of benzene rings is 2. The number of hydrogen-bond donors (Lipinski definition) is 2. The van der Waals surface area contributed by atoms with Gasteiger partial charge in [-0.2, -0.15) is 0 Å². The Morgan fingerprint density at radius 1 is 0.645 bits per heavy atom. The molecule has 0 atom stereocenters. The van der Waals surface area contributed by atoms with Crippen LogP contribution in [0.15, 0.2) is 34.1 Å². The summed E-state index contributed by atoms with van der Waals surface area (Å²) in [5.74, 6) is 0.825. The van der Waals surface area contributed by atoms with Gasteiger partial charge in [-0.25, -0.2) is 8.42 Å². The third-order valence-electron chi connectivity index (χ3n) is 7.32. The van der Waals surface area contributed by atoms with Gasteiger partial charge in [0.25, 0.3) is 0 Å². The maximum Gasteiger partial charge on any atom is 0.207 e. The van der Waals surface area contributed by atoms with Crippen molar-refractivity contribution in [2.75, 3.05) is 0 Å². The lowest BCUT2D eigenvalue weighted by Gasteiger charge is -2.25. The minimum Gasteiger partial charge on any atom is -0.508 e. The van der Waals surface area contributed by atoms with Gasteiger partial charge in [0.1, 0.15) is 11.5 Å². The first kappa shape index (κ1) is 22.2. The number of rotatable bonds is 4. The maximum atomic E-state index is 13.8. The summed E-state index contributed by atoms with van der Waals surface area (Å²) in [6, 6.07) is 6.63. The van der Waals surface area contributed by atoms with E-state index in [1.54, 1.807) is 38.1 Å². The van der Waals surface area contributed by atoms with Gasteiger partial charge in [0.05, 0.1) is 9.79 Å². The summed E-state index contributed by atoms with van der Waals surface area (Å²) in [6.45, 7) is 3.49. The average Bonchev–Trinajstić information content (AvgIpc) is 2.74. The fraction of sp³-hybridized carbons (Fsp3) is 0.538. The van der Waals surface area contributed by atoms with Crippen LogP contribution in [-0.2, 0) is 9.84 Å². The minimum atomic E-state index is -3.78. The molecule has 0 aliphatic heterocycles. The second-order valence-corrected chi connectivity index (χ2v) is 11.4. The van der Waals surface area contributed by atoms with Gasteiger partial charge in [-0.3, -0.25) is 0 Å². The summed E-state index contributed by atoms with van der Waals surface area (Å²) in [5.41, 5.74) is 2.63. The van der Waals surface area contributed by atoms with E-state index < -0.39 is 9.84 Å². The van der Waals surface area contributed by atoms with Crippen molar-refractivity contribution in [3.8, 4) is 11.5 Å². The highest BCUT2D eigenvalue weighted by atomic mass is 32.2. The van der Waals surface area contributed by atoms with Crippen LogP contribution in [0.4, 0.5) is 0 Å². The first-order valence-electron chi connectivity index (χ1n) is 11.7. The lowest BCUT2D eigenvalue weighted by molar-refractivity contribution is 0.413. The van der Waals surface area contributed by atoms with Crippen LogP contribution < -0.4 is 0 Å². The maximum absolute atomic E-state index is 13.8. The zero-order valence-electron chi connectivity index (χ0n) is 18.7. The molecule has 0 aromatic heterocycles. The largest absolute Gasteiger partial charge is 0.508 e. The average molecular weight is 443 g/mol. The molecule has 2 N–H and O–H groups in total. The number of aryl methyl sites for hydroxylation is 2. The van der Waals surface area contributed by atoms with Crippen LogP contribution in [-0.4, -0.2) is 18.6 Å². The first-order valence-corrected chi connectivity index (χ1v) is 13.2. The molecule has 0 amide bonds. The lowest BCUT2D eigenvalue weighted by Crippen LogP contribution is -2.11. The Balaban J connectivity index is 1.79. The molecule has 2 aromatic carbocycles. The van der Waals surface area contributed by atoms with Gasteiger partial charge in [0.2, 0.25) is 9.84 Å². The molecule has 0 heterocycles. The van der Waals surface area contributed by atoms with E-state index in [1.165, 1.54) is 12.8 Å². The molecule has 2 saturated carbocycles. The Hall–Kier alpha value is -2.01. The van der Waals surface area contributed by atoms with Gasteiger partial charge < -0.3 is 10.2 Å². The number of phenols is 2. The summed E-state index contributed by atoms with van der Waals surface area (Å²) in [6.07, 6.45) is 10.8. The molecule has 2 aliphatic carbocycles. The Morgan fingerprint density at radius 2 is 1.00 bits per heavy atom. The zero-order valence-corrected chi connectivity index (χ0v) is 19.5. The molecule has 0 saturated heterocycles. The molecule has 2 aliphatic rings. The van der Waals surface area contributed by atoms with Crippen LogP contribution in [0.3, 0.4) is 0 Å². The van der Waals surface area contributed by atoms with E-state index in [-0.39, 0.29) is 33.1 Å². The SMILES string of the molecule is Cc1cc(O)c(C2CCCCC2)cc1S(=O)(=O)c1cc(C2CCCCC2)c(O)cc1C. The van der Waals surface area contributed by atoms with Gasteiger partial charge in [-0.1, -0.05) is 38.5 Å². The van der Waals surface area contributed by atoms with Crippen LogP contribution in [0.25, 0.3) is 0 Å². The van der Waals surface area contributed by atoms with Crippen LogP contribution in [0.2, 0.25) is 0 Å². The van der Waals surface area contributed by atoms with E-state index in [0.29, 0.717) is 11.1 Å². The predicted octanol–water partition coefficient (Wildman–Crippen LogP) is 6.64.